The van der Waals surface area contributed by atoms with E-state index < -0.39 is 0 Å². The van der Waals surface area contributed by atoms with Crippen LogP contribution in [0.2, 0.25) is 0 Å². The highest BCUT2D eigenvalue weighted by molar-refractivity contribution is 6.22. The first-order chi connectivity index (χ1) is 16.3. The Labute approximate surface area is 193 Å². The first-order valence-electron chi connectivity index (χ1n) is 11.0. The summed E-state index contributed by atoms with van der Waals surface area (Å²) in [6, 6.07) is 37.2. The highest BCUT2D eigenvalue weighted by atomic mass is 15.1. The van der Waals surface area contributed by atoms with E-state index in [1.165, 1.54) is 0 Å². The predicted octanol–water partition coefficient (Wildman–Crippen LogP) is 6.49. The summed E-state index contributed by atoms with van der Waals surface area (Å²) in [5.41, 5.74) is 8.63. The summed E-state index contributed by atoms with van der Waals surface area (Å²) in [5, 5.41) is 3.54. The maximum absolute atomic E-state index is 5.02. The van der Waals surface area contributed by atoms with Crippen molar-refractivity contribution in [2.75, 3.05) is 0 Å². The van der Waals surface area contributed by atoms with Crippen molar-refractivity contribution in [2.45, 2.75) is 0 Å². The quantitative estimate of drug-likeness (QED) is 0.393. The summed E-state index contributed by atoms with van der Waals surface area (Å²) in [5.74, 6) is 1.55. The largest absolute Gasteiger partial charge is 0.339 e. The Balaban J connectivity index is 1.43. The molecule has 0 atom stereocenters. The molecule has 2 heterocycles. The zero-order valence-corrected chi connectivity index (χ0v) is 17.9. The summed E-state index contributed by atoms with van der Waals surface area (Å²) in [4.78, 5) is 9.94. The minimum Gasteiger partial charge on any atom is -0.339 e. The standard InChI is InChI=1S/C30H21N3/c1-3-11-21(12-4-1)19-27-23-15-7-9-17-25(23)29(31-27)33-30-26-18-10-8-16-24(26)28(32-30)20-22-13-5-2-6-14-22/h1-20H,(H,31,32,33)/b27-19+,28-20+. The molecule has 2 aliphatic heterocycles. The van der Waals surface area contributed by atoms with Crippen LogP contribution < -0.4 is 5.32 Å². The van der Waals surface area contributed by atoms with Crippen LogP contribution in [0, 0.1) is 0 Å². The Hall–Kier alpha value is -4.50. The molecule has 0 fully saturated rings. The highest BCUT2D eigenvalue weighted by Crippen LogP contribution is 2.32. The van der Waals surface area contributed by atoms with E-state index in [0.29, 0.717) is 0 Å². The van der Waals surface area contributed by atoms with E-state index in [4.69, 9.17) is 9.98 Å². The predicted molar refractivity (Wildman–Crippen MR) is 138 cm³/mol. The molecule has 3 heteroatoms. The Morgan fingerprint density at radius 3 is 1.79 bits per heavy atom. The lowest BCUT2D eigenvalue weighted by Crippen LogP contribution is -2.16. The second-order valence-electron chi connectivity index (χ2n) is 8.02. The molecule has 2 aliphatic rings. The van der Waals surface area contributed by atoms with Gasteiger partial charge in [0.1, 0.15) is 5.84 Å². The smallest absolute Gasteiger partial charge is 0.162 e. The van der Waals surface area contributed by atoms with Gasteiger partial charge in [-0.05, 0) is 23.3 Å². The van der Waals surface area contributed by atoms with Gasteiger partial charge in [0.25, 0.3) is 0 Å². The van der Waals surface area contributed by atoms with Crippen molar-refractivity contribution in [3.8, 4) is 0 Å². The lowest BCUT2D eigenvalue weighted by Gasteiger charge is -2.02. The first-order valence-corrected chi connectivity index (χ1v) is 11.0. The van der Waals surface area contributed by atoms with Crippen molar-refractivity contribution in [1.82, 2.24) is 5.32 Å². The number of rotatable bonds is 2. The highest BCUT2D eigenvalue weighted by Gasteiger charge is 2.25. The molecule has 3 nitrogen and oxygen atoms in total. The van der Waals surface area contributed by atoms with Crippen LogP contribution in [0.5, 0.6) is 0 Å². The molecule has 0 spiro atoms. The Morgan fingerprint density at radius 1 is 0.545 bits per heavy atom. The van der Waals surface area contributed by atoms with Gasteiger partial charge in [0.2, 0.25) is 0 Å². The van der Waals surface area contributed by atoms with Gasteiger partial charge in [-0.2, -0.15) is 0 Å². The van der Waals surface area contributed by atoms with Gasteiger partial charge in [-0.1, -0.05) is 109 Å². The van der Waals surface area contributed by atoms with E-state index in [2.05, 4.69) is 72.1 Å². The molecule has 0 saturated heterocycles. The average Bonchev–Trinajstić information content (AvgIpc) is 3.39. The first kappa shape index (κ1) is 19.2. The second-order valence-corrected chi connectivity index (χ2v) is 8.02. The van der Waals surface area contributed by atoms with Crippen LogP contribution in [0.1, 0.15) is 33.4 Å². The summed E-state index contributed by atoms with van der Waals surface area (Å²) < 4.78 is 0. The van der Waals surface area contributed by atoms with Crippen molar-refractivity contribution >= 4 is 35.2 Å². The molecule has 0 aromatic heterocycles. The monoisotopic (exact) mass is 423 g/mol. The van der Waals surface area contributed by atoms with Gasteiger partial charge in [-0.25, -0.2) is 9.98 Å². The summed E-state index contributed by atoms with van der Waals surface area (Å²) in [6.45, 7) is 0. The molecule has 0 saturated carbocycles. The molecule has 1 N–H and O–H groups in total. The van der Waals surface area contributed by atoms with E-state index in [9.17, 15) is 0 Å². The number of nitrogens with zero attached hydrogens (tertiary/aromatic N) is 2. The maximum atomic E-state index is 5.02. The molecule has 4 aromatic rings. The number of aliphatic imine (C=N–C) groups is 2. The molecule has 0 radical (unpaired) electrons. The van der Waals surface area contributed by atoms with Crippen LogP contribution in [-0.4, -0.2) is 11.7 Å². The topological polar surface area (TPSA) is 36.8 Å². The van der Waals surface area contributed by atoms with E-state index in [1.54, 1.807) is 0 Å². The van der Waals surface area contributed by atoms with E-state index in [-0.39, 0.29) is 0 Å². The maximum Gasteiger partial charge on any atom is 0.162 e. The van der Waals surface area contributed by atoms with E-state index >= 15 is 0 Å². The second kappa shape index (κ2) is 8.21. The van der Waals surface area contributed by atoms with Gasteiger partial charge >= 0.3 is 0 Å². The molecule has 0 unspecified atom stereocenters. The van der Waals surface area contributed by atoms with Gasteiger partial charge in [0.15, 0.2) is 5.84 Å². The molecule has 156 valence electrons. The number of benzene rings is 4. The molecular weight excluding hydrogens is 402 g/mol. The lowest BCUT2D eigenvalue weighted by molar-refractivity contribution is 1.35. The van der Waals surface area contributed by atoms with Crippen molar-refractivity contribution in [1.29, 1.82) is 0 Å². The van der Waals surface area contributed by atoms with E-state index in [0.717, 1.165) is 56.4 Å². The van der Waals surface area contributed by atoms with Crippen molar-refractivity contribution in [3.05, 3.63) is 143 Å². The summed E-state index contributed by atoms with van der Waals surface area (Å²) in [6.07, 6.45) is 4.27. The van der Waals surface area contributed by atoms with Crippen LogP contribution in [0.4, 0.5) is 0 Å². The average molecular weight is 424 g/mol. The van der Waals surface area contributed by atoms with Crippen molar-refractivity contribution < 1.29 is 0 Å². The molecule has 0 bridgehead atoms. The molecule has 33 heavy (non-hydrogen) atoms. The zero-order chi connectivity index (χ0) is 22.0. The van der Waals surface area contributed by atoms with Crippen LogP contribution in [0.25, 0.3) is 23.5 Å². The number of fused-ring (bicyclic) bond motifs is 2. The third-order valence-electron chi connectivity index (χ3n) is 5.83. The van der Waals surface area contributed by atoms with Crippen LogP contribution in [-0.2, 0) is 0 Å². The molecule has 6 rings (SSSR count). The van der Waals surface area contributed by atoms with Crippen LogP contribution in [0.3, 0.4) is 0 Å². The van der Waals surface area contributed by atoms with Gasteiger partial charge in [-0.3, -0.25) is 0 Å². The SMILES string of the molecule is C(=C1\N=C(N=C2N/C(=C/c3ccccc3)c3ccccc32)c2ccccc21)/c1ccccc1. The number of hydrogen-bond donors (Lipinski definition) is 1. The van der Waals surface area contributed by atoms with Crippen LogP contribution in [0.15, 0.2) is 119 Å². The number of amidine groups is 2. The molecular formula is C30H21N3. The Morgan fingerprint density at radius 2 is 1.09 bits per heavy atom. The molecule has 0 amide bonds. The van der Waals surface area contributed by atoms with E-state index in [1.807, 2.05) is 54.6 Å². The number of nitrogens with one attached hydrogen (secondary N) is 1. The summed E-state index contributed by atoms with van der Waals surface area (Å²) >= 11 is 0. The third kappa shape index (κ3) is 3.70. The van der Waals surface area contributed by atoms with Gasteiger partial charge in [0.05, 0.1) is 5.70 Å². The third-order valence-corrected chi connectivity index (χ3v) is 5.83. The van der Waals surface area contributed by atoms with Gasteiger partial charge < -0.3 is 5.32 Å². The van der Waals surface area contributed by atoms with Gasteiger partial charge in [0, 0.05) is 28.0 Å². The Kier molecular flexibility index (Phi) is 4.78. The fraction of sp³-hybridized carbons (Fsp3) is 0. The van der Waals surface area contributed by atoms with Crippen molar-refractivity contribution in [3.63, 3.8) is 0 Å². The molecule has 4 aromatic carbocycles. The fourth-order valence-corrected chi connectivity index (χ4v) is 4.25. The lowest BCUT2D eigenvalue weighted by atomic mass is 10.0. The summed E-state index contributed by atoms with van der Waals surface area (Å²) in [7, 11) is 0. The Bertz CT molecular complexity index is 1460. The van der Waals surface area contributed by atoms with Gasteiger partial charge in [-0.15, -0.1) is 0 Å². The molecule has 0 aliphatic carbocycles. The minimum absolute atomic E-state index is 0.728. The minimum atomic E-state index is 0.728. The zero-order valence-electron chi connectivity index (χ0n) is 17.9. The number of hydrogen-bond acceptors (Lipinski definition) is 2. The van der Waals surface area contributed by atoms with Crippen molar-refractivity contribution in [2.24, 2.45) is 9.98 Å². The fourth-order valence-electron chi connectivity index (χ4n) is 4.25. The van der Waals surface area contributed by atoms with Crippen LogP contribution >= 0.6 is 0 Å². The normalized spacial score (nSPS) is 17.7.